The average Bonchev–Trinajstić information content (AvgIpc) is 2.59. The zero-order valence-corrected chi connectivity index (χ0v) is 15.1. The minimum atomic E-state index is 0.522. The smallest absolute Gasteiger partial charge is 0.122 e. The Morgan fingerprint density at radius 2 is 1.74 bits per heavy atom. The molecule has 2 rings (SSSR count). The predicted molar refractivity (Wildman–Crippen MR) is 97.1 cm³/mol. The monoisotopic (exact) mass is 318 g/mol. The highest BCUT2D eigenvalue weighted by Gasteiger charge is 2.23. The molecule has 130 valence electrons. The fraction of sp³-hybridized carbons (Fsp3) is 0.714. The van der Waals surface area contributed by atoms with E-state index in [1.807, 2.05) is 0 Å². The molecular weight excluding hydrogens is 284 g/mol. The van der Waals surface area contributed by atoms with Gasteiger partial charge in [-0.3, -0.25) is 0 Å². The van der Waals surface area contributed by atoms with Crippen molar-refractivity contribution in [2.75, 3.05) is 6.61 Å². The van der Waals surface area contributed by atoms with Gasteiger partial charge in [-0.25, -0.2) is 0 Å². The Morgan fingerprint density at radius 1 is 1.00 bits per heavy atom. The number of aryl methyl sites for hydroxylation is 1. The van der Waals surface area contributed by atoms with Crippen molar-refractivity contribution in [2.24, 2.45) is 0 Å². The standard InChI is InChI=1S/C21H34O2/c1-3-5-6-10-15-23-16-19-14-13-17(4-2)21(22)20(19)18-11-8-7-9-12-18/h13-14,18,22H,3-12,15-16H2,1-2H3. The number of hydrogen-bond donors (Lipinski definition) is 1. The number of unbranched alkanes of at least 4 members (excludes halogenated alkanes) is 3. The molecule has 1 aliphatic rings. The number of phenolic OH excluding ortho intramolecular Hbond substituents is 1. The second kappa shape index (κ2) is 9.97. The lowest BCUT2D eigenvalue weighted by molar-refractivity contribution is 0.115. The van der Waals surface area contributed by atoms with Crippen LogP contribution in [-0.4, -0.2) is 11.7 Å². The summed E-state index contributed by atoms with van der Waals surface area (Å²) in [6.07, 6.45) is 12.2. The van der Waals surface area contributed by atoms with Gasteiger partial charge in [-0.2, -0.15) is 0 Å². The Labute approximate surface area is 142 Å². The van der Waals surface area contributed by atoms with E-state index in [0.717, 1.165) is 25.0 Å². The van der Waals surface area contributed by atoms with Crippen LogP contribution < -0.4 is 0 Å². The van der Waals surface area contributed by atoms with Crippen LogP contribution in [0.5, 0.6) is 5.75 Å². The zero-order chi connectivity index (χ0) is 16.5. The minimum Gasteiger partial charge on any atom is -0.507 e. The van der Waals surface area contributed by atoms with Crippen molar-refractivity contribution < 1.29 is 9.84 Å². The van der Waals surface area contributed by atoms with E-state index in [9.17, 15) is 5.11 Å². The van der Waals surface area contributed by atoms with Crippen molar-refractivity contribution in [1.82, 2.24) is 0 Å². The van der Waals surface area contributed by atoms with Gasteiger partial charge in [-0.05, 0) is 42.7 Å². The van der Waals surface area contributed by atoms with Crippen molar-refractivity contribution in [3.63, 3.8) is 0 Å². The molecule has 0 aromatic heterocycles. The Hall–Kier alpha value is -1.02. The molecule has 1 saturated carbocycles. The molecule has 2 nitrogen and oxygen atoms in total. The second-order valence-corrected chi connectivity index (χ2v) is 6.95. The van der Waals surface area contributed by atoms with Crippen LogP contribution in [0.15, 0.2) is 12.1 Å². The van der Waals surface area contributed by atoms with Gasteiger partial charge in [0.05, 0.1) is 6.61 Å². The van der Waals surface area contributed by atoms with Crippen LogP contribution in [-0.2, 0) is 17.8 Å². The van der Waals surface area contributed by atoms with Crippen LogP contribution in [0.1, 0.15) is 94.2 Å². The molecule has 0 heterocycles. The molecule has 0 bridgehead atoms. The van der Waals surface area contributed by atoms with Gasteiger partial charge in [-0.1, -0.05) is 64.5 Å². The quantitative estimate of drug-likeness (QED) is 0.557. The number of hydrogen-bond acceptors (Lipinski definition) is 2. The molecule has 1 aromatic carbocycles. The number of phenols is 1. The van der Waals surface area contributed by atoms with E-state index in [0.29, 0.717) is 18.3 Å². The summed E-state index contributed by atoms with van der Waals surface area (Å²) in [6.45, 7) is 5.83. The minimum absolute atomic E-state index is 0.522. The Morgan fingerprint density at radius 3 is 2.43 bits per heavy atom. The highest BCUT2D eigenvalue weighted by molar-refractivity contribution is 5.47. The number of benzene rings is 1. The van der Waals surface area contributed by atoms with Crippen molar-refractivity contribution in [3.8, 4) is 5.75 Å². The summed E-state index contributed by atoms with van der Waals surface area (Å²) >= 11 is 0. The second-order valence-electron chi connectivity index (χ2n) is 6.95. The largest absolute Gasteiger partial charge is 0.507 e. The van der Waals surface area contributed by atoms with Crippen molar-refractivity contribution in [3.05, 3.63) is 28.8 Å². The first-order valence-electron chi connectivity index (χ1n) is 9.69. The van der Waals surface area contributed by atoms with Gasteiger partial charge in [0.15, 0.2) is 0 Å². The highest BCUT2D eigenvalue weighted by atomic mass is 16.5. The van der Waals surface area contributed by atoms with Crippen LogP contribution in [0.25, 0.3) is 0 Å². The predicted octanol–water partition coefficient (Wildman–Crippen LogP) is 6.10. The van der Waals surface area contributed by atoms with E-state index >= 15 is 0 Å². The summed E-state index contributed by atoms with van der Waals surface area (Å²) in [6, 6.07) is 4.27. The molecule has 1 fully saturated rings. The van der Waals surface area contributed by atoms with Crippen molar-refractivity contribution in [2.45, 2.75) is 90.6 Å². The molecule has 23 heavy (non-hydrogen) atoms. The van der Waals surface area contributed by atoms with Crippen molar-refractivity contribution in [1.29, 1.82) is 0 Å². The molecule has 0 amide bonds. The van der Waals surface area contributed by atoms with E-state index in [4.69, 9.17) is 4.74 Å². The van der Waals surface area contributed by atoms with E-state index in [1.54, 1.807) is 0 Å². The first kappa shape index (κ1) is 18.3. The topological polar surface area (TPSA) is 29.5 Å². The van der Waals surface area contributed by atoms with Gasteiger partial charge in [0.2, 0.25) is 0 Å². The first-order chi connectivity index (χ1) is 11.3. The lowest BCUT2D eigenvalue weighted by atomic mass is 9.80. The van der Waals surface area contributed by atoms with Gasteiger partial charge in [-0.15, -0.1) is 0 Å². The van der Waals surface area contributed by atoms with E-state index in [-0.39, 0.29) is 0 Å². The molecule has 2 heteroatoms. The summed E-state index contributed by atoms with van der Waals surface area (Å²) in [5.41, 5.74) is 3.48. The Kier molecular flexibility index (Phi) is 7.94. The summed E-state index contributed by atoms with van der Waals surface area (Å²) in [5, 5.41) is 10.7. The molecule has 0 unspecified atom stereocenters. The van der Waals surface area contributed by atoms with E-state index < -0.39 is 0 Å². The number of rotatable bonds is 9. The third kappa shape index (κ3) is 5.24. The van der Waals surface area contributed by atoms with Gasteiger partial charge >= 0.3 is 0 Å². The summed E-state index contributed by atoms with van der Waals surface area (Å²) in [7, 11) is 0. The van der Waals surface area contributed by atoms with E-state index in [1.165, 1.54) is 62.5 Å². The van der Waals surface area contributed by atoms with Crippen LogP contribution in [0, 0.1) is 0 Å². The normalized spacial score (nSPS) is 15.9. The molecule has 1 aliphatic carbocycles. The molecule has 0 aliphatic heterocycles. The average molecular weight is 319 g/mol. The summed E-state index contributed by atoms with van der Waals surface area (Å²) < 4.78 is 5.92. The van der Waals surface area contributed by atoms with Gasteiger partial charge in [0, 0.05) is 12.2 Å². The molecule has 0 radical (unpaired) electrons. The Balaban J connectivity index is 2.03. The maximum atomic E-state index is 10.7. The van der Waals surface area contributed by atoms with Gasteiger partial charge in [0.1, 0.15) is 5.75 Å². The Bertz CT molecular complexity index is 461. The highest BCUT2D eigenvalue weighted by Crippen LogP contribution is 2.41. The summed E-state index contributed by atoms with van der Waals surface area (Å²) in [5.74, 6) is 1.07. The third-order valence-electron chi connectivity index (χ3n) is 5.19. The van der Waals surface area contributed by atoms with Crippen LogP contribution in [0.2, 0.25) is 0 Å². The van der Waals surface area contributed by atoms with E-state index in [2.05, 4.69) is 26.0 Å². The molecule has 0 spiro atoms. The van der Waals surface area contributed by atoms with Crippen LogP contribution in [0.4, 0.5) is 0 Å². The summed E-state index contributed by atoms with van der Waals surface area (Å²) in [4.78, 5) is 0. The van der Waals surface area contributed by atoms with Crippen molar-refractivity contribution >= 4 is 0 Å². The maximum Gasteiger partial charge on any atom is 0.122 e. The molecule has 1 N–H and O–H groups in total. The first-order valence-corrected chi connectivity index (χ1v) is 9.69. The fourth-order valence-electron chi connectivity index (χ4n) is 3.77. The lowest BCUT2D eigenvalue weighted by Crippen LogP contribution is -2.10. The fourth-order valence-corrected chi connectivity index (χ4v) is 3.77. The molecule has 0 atom stereocenters. The maximum absolute atomic E-state index is 10.7. The lowest BCUT2D eigenvalue weighted by Gasteiger charge is -2.26. The van der Waals surface area contributed by atoms with Crippen LogP contribution in [0.3, 0.4) is 0 Å². The van der Waals surface area contributed by atoms with Gasteiger partial charge < -0.3 is 9.84 Å². The third-order valence-corrected chi connectivity index (χ3v) is 5.19. The molecular formula is C21H34O2. The molecule has 1 aromatic rings. The SMILES string of the molecule is CCCCCCOCc1ccc(CC)c(O)c1C1CCCCC1. The van der Waals surface area contributed by atoms with Gasteiger partial charge in [0.25, 0.3) is 0 Å². The van der Waals surface area contributed by atoms with Crippen LogP contribution >= 0.6 is 0 Å². The zero-order valence-electron chi connectivity index (χ0n) is 15.1. The number of ether oxygens (including phenoxy) is 1. The molecule has 0 saturated heterocycles. The number of aromatic hydroxyl groups is 1.